The van der Waals surface area contributed by atoms with Gasteiger partial charge in [-0.2, -0.15) is 4.98 Å². The highest BCUT2D eigenvalue weighted by molar-refractivity contribution is 5.57. The first-order valence-corrected chi connectivity index (χ1v) is 5.88. The second-order valence-electron chi connectivity index (χ2n) is 4.07. The summed E-state index contributed by atoms with van der Waals surface area (Å²) in [7, 11) is 0. The van der Waals surface area contributed by atoms with Crippen molar-refractivity contribution in [1.29, 1.82) is 0 Å². The van der Waals surface area contributed by atoms with Crippen molar-refractivity contribution < 1.29 is 14.6 Å². The number of aromatic nitrogens is 2. The van der Waals surface area contributed by atoms with Crippen LogP contribution in [0.5, 0.6) is 0 Å². The maximum Gasteiger partial charge on any atom is 0.270 e. The van der Waals surface area contributed by atoms with Gasteiger partial charge in [0, 0.05) is 17.7 Å². The number of non-ortho nitro benzene ring substituents is 1. The standard InChI is InChI=1S/C12H13N3O4/c1-2-4-10(16)11-13-12(19-14-11)8-5-3-6-9(7-8)15(17)18/h3,5-7,10,16H,2,4H2,1H3. The molecule has 1 aromatic carbocycles. The highest BCUT2D eigenvalue weighted by atomic mass is 16.6. The number of aliphatic hydroxyl groups is 1. The Bertz CT molecular complexity index is 582. The molecule has 1 unspecified atom stereocenters. The third kappa shape index (κ3) is 2.94. The highest BCUT2D eigenvalue weighted by Crippen LogP contribution is 2.24. The van der Waals surface area contributed by atoms with Crippen LogP contribution in [0.15, 0.2) is 28.8 Å². The van der Waals surface area contributed by atoms with Gasteiger partial charge in [0.15, 0.2) is 0 Å². The molecule has 1 aromatic heterocycles. The summed E-state index contributed by atoms with van der Waals surface area (Å²) in [5.41, 5.74) is 0.406. The van der Waals surface area contributed by atoms with Gasteiger partial charge in [-0.05, 0) is 12.5 Å². The average Bonchev–Trinajstić information content (AvgIpc) is 2.89. The van der Waals surface area contributed by atoms with Crippen LogP contribution in [0.4, 0.5) is 5.69 Å². The number of nitrogens with zero attached hydrogens (tertiary/aromatic N) is 3. The van der Waals surface area contributed by atoms with E-state index >= 15 is 0 Å². The van der Waals surface area contributed by atoms with E-state index in [1.807, 2.05) is 6.92 Å². The summed E-state index contributed by atoms with van der Waals surface area (Å²) in [6.07, 6.45) is 0.552. The zero-order chi connectivity index (χ0) is 13.8. The molecule has 1 N–H and O–H groups in total. The fourth-order valence-electron chi connectivity index (χ4n) is 1.64. The Morgan fingerprint density at radius 3 is 3.00 bits per heavy atom. The highest BCUT2D eigenvalue weighted by Gasteiger charge is 2.17. The third-order valence-corrected chi connectivity index (χ3v) is 2.61. The fourth-order valence-corrected chi connectivity index (χ4v) is 1.64. The number of hydrogen-bond acceptors (Lipinski definition) is 6. The average molecular weight is 263 g/mol. The normalized spacial score (nSPS) is 12.3. The summed E-state index contributed by atoms with van der Waals surface area (Å²) >= 11 is 0. The Labute approximate surface area is 109 Å². The molecule has 0 bridgehead atoms. The van der Waals surface area contributed by atoms with E-state index in [-0.39, 0.29) is 17.4 Å². The van der Waals surface area contributed by atoms with E-state index in [2.05, 4.69) is 10.1 Å². The second-order valence-corrected chi connectivity index (χ2v) is 4.07. The van der Waals surface area contributed by atoms with Crippen molar-refractivity contribution in [1.82, 2.24) is 10.1 Å². The maximum absolute atomic E-state index is 10.7. The van der Waals surface area contributed by atoms with E-state index in [1.54, 1.807) is 12.1 Å². The first kappa shape index (κ1) is 13.2. The summed E-state index contributed by atoms with van der Waals surface area (Å²) in [6.45, 7) is 1.94. The van der Waals surface area contributed by atoms with Crippen LogP contribution >= 0.6 is 0 Å². The summed E-state index contributed by atoms with van der Waals surface area (Å²) < 4.78 is 5.01. The lowest BCUT2D eigenvalue weighted by Crippen LogP contribution is -1.98. The van der Waals surface area contributed by atoms with Crippen molar-refractivity contribution >= 4 is 5.69 Å². The molecule has 0 saturated carbocycles. The summed E-state index contributed by atoms with van der Waals surface area (Å²) in [5, 5.41) is 24.1. The number of hydrogen-bond donors (Lipinski definition) is 1. The predicted octanol–water partition coefficient (Wildman–Crippen LogP) is 2.48. The van der Waals surface area contributed by atoms with E-state index in [0.717, 1.165) is 6.42 Å². The molecular weight excluding hydrogens is 250 g/mol. The lowest BCUT2D eigenvalue weighted by atomic mass is 10.2. The fraction of sp³-hybridized carbons (Fsp3) is 0.333. The van der Waals surface area contributed by atoms with Gasteiger partial charge in [-0.3, -0.25) is 10.1 Å². The molecule has 0 amide bonds. The smallest absolute Gasteiger partial charge is 0.270 e. The summed E-state index contributed by atoms with van der Waals surface area (Å²) in [4.78, 5) is 14.2. The van der Waals surface area contributed by atoms with Crippen molar-refractivity contribution in [2.45, 2.75) is 25.9 Å². The van der Waals surface area contributed by atoms with Crippen LogP contribution in [0.25, 0.3) is 11.5 Å². The molecule has 0 fully saturated rings. The lowest BCUT2D eigenvalue weighted by molar-refractivity contribution is -0.384. The van der Waals surface area contributed by atoms with Crippen molar-refractivity contribution in [2.75, 3.05) is 0 Å². The molecule has 0 spiro atoms. The molecule has 100 valence electrons. The Morgan fingerprint density at radius 1 is 1.53 bits per heavy atom. The van der Waals surface area contributed by atoms with Crippen molar-refractivity contribution in [3.8, 4) is 11.5 Å². The van der Waals surface area contributed by atoms with Crippen LogP contribution < -0.4 is 0 Å². The monoisotopic (exact) mass is 263 g/mol. The molecule has 2 aromatic rings. The quantitative estimate of drug-likeness (QED) is 0.656. The topological polar surface area (TPSA) is 102 Å². The Balaban J connectivity index is 2.27. The molecule has 0 aliphatic carbocycles. The van der Waals surface area contributed by atoms with E-state index in [9.17, 15) is 15.2 Å². The first-order chi connectivity index (χ1) is 9.11. The molecule has 2 rings (SSSR count). The summed E-state index contributed by atoms with van der Waals surface area (Å²) in [6, 6.07) is 5.91. The van der Waals surface area contributed by atoms with E-state index in [1.165, 1.54) is 12.1 Å². The van der Waals surface area contributed by atoms with Crippen LogP contribution in [0.3, 0.4) is 0 Å². The van der Waals surface area contributed by atoms with E-state index in [0.29, 0.717) is 12.0 Å². The molecule has 0 radical (unpaired) electrons. The van der Waals surface area contributed by atoms with Crippen LogP contribution in [0.2, 0.25) is 0 Å². The van der Waals surface area contributed by atoms with Gasteiger partial charge in [-0.25, -0.2) is 0 Å². The van der Waals surface area contributed by atoms with Crippen LogP contribution in [-0.2, 0) is 0 Å². The first-order valence-electron chi connectivity index (χ1n) is 5.88. The van der Waals surface area contributed by atoms with E-state index < -0.39 is 11.0 Å². The van der Waals surface area contributed by atoms with Crippen molar-refractivity contribution in [2.24, 2.45) is 0 Å². The van der Waals surface area contributed by atoms with Gasteiger partial charge >= 0.3 is 0 Å². The Kier molecular flexibility index (Phi) is 3.86. The van der Waals surface area contributed by atoms with Gasteiger partial charge in [0.2, 0.25) is 5.82 Å². The number of rotatable bonds is 5. The van der Waals surface area contributed by atoms with Gasteiger partial charge < -0.3 is 9.63 Å². The van der Waals surface area contributed by atoms with Crippen LogP contribution in [0, 0.1) is 10.1 Å². The number of nitro groups is 1. The number of aliphatic hydroxyl groups excluding tert-OH is 1. The SMILES string of the molecule is CCCC(O)c1noc(-c2cccc([N+](=O)[O-])c2)n1. The third-order valence-electron chi connectivity index (χ3n) is 2.61. The molecule has 1 atom stereocenters. The van der Waals surface area contributed by atoms with Gasteiger partial charge in [0.1, 0.15) is 6.10 Å². The molecule has 0 aliphatic rings. The lowest BCUT2D eigenvalue weighted by Gasteiger charge is -2.01. The van der Waals surface area contributed by atoms with Gasteiger partial charge in [0.05, 0.1) is 4.92 Å². The van der Waals surface area contributed by atoms with Gasteiger partial charge in [-0.15, -0.1) is 0 Å². The second kappa shape index (κ2) is 5.57. The molecule has 0 saturated heterocycles. The zero-order valence-corrected chi connectivity index (χ0v) is 10.3. The minimum absolute atomic E-state index is 0.0497. The maximum atomic E-state index is 10.7. The number of benzene rings is 1. The molecule has 0 aliphatic heterocycles. The molecular formula is C12H13N3O4. The summed E-state index contributed by atoms with van der Waals surface area (Å²) in [5.74, 6) is 0.359. The van der Waals surface area contributed by atoms with Crippen LogP contribution in [0.1, 0.15) is 31.7 Å². The predicted molar refractivity (Wildman–Crippen MR) is 66.3 cm³/mol. The number of nitro benzene ring substituents is 1. The minimum atomic E-state index is -0.777. The minimum Gasteiger partial charge on any atom is -0.385 e. The van der Waals surface area contributed by atoms with Crippen molar-refractivity contribution in [3.63, 3.8) is 0 Å². The van der Waals surface area contributed by atoms with Crippen molar-refractivity contribution in [3.05, 3.63) is 40.2 Å². The van der Waals surface area contributed by atoms with E-state index in [4.69, 9.17) is 4.52 Å². The van der Waals surface area contributed by atoms with Gasteiger partial charge in [0.25, 0.3) is 11.6 Å². The largest absolute Gasteiger partial charge is 0.385 e. The Hall–Kier alpha value is -2.28. The Morgan fingerprint density at radius 2 is 2.32 bits per heavy atom. The molecule has 7 nitrogen and oxygen atoms in total. The van der Waals surface area contributed by atoms with Gasteiger partial charge in [-0.1, -0.05) is 24.6 Å². The molecule has 7 heteroatoms. The zero-order valence-electron chi connectivity index (χ0n) is 10.3. The molecule has 1 heterocycles. The van der Waals surface area contributed by atoms with Crippen LogP contribution in [-0.4, -0.2) is 20.2 Å². The molecule has 19 heavy (non-hydrogen) atoms.